The zero-order valence-corrected chi connectivity index (χ0v) is 38.9. The standard InChI is InChI=1S/C59H50N4O8/c1-37(40-15-7-3-8-16-40)61-58(69)62-48-34-27-39(24-23-38-25-32-46(70-2)33-26-38)35-47(48)59(57(62)68)50(55(66)60-36-49(65)41-17-9-4-10-18-41)52-56(67)71-53(43-21-13-6-14-22-43)51(42-19-11-5-12-20-42)63(52)54(59)44-28-30-45(64)31-29-44/h3-22,25-35,37,49-54,64-65H,36H2,1-2H3,(H,60,66)(H,61,69)/t37-,49+,50+,51+,52+,53-,54-,59+/m1/s1. The van der Waals surface area contributed by atoms with Gasteiger partial charge in [0.15, 0.2) is 0 Å². The SMILES string of the molecule is COc1ccc(C#Cc2ccc3c(c2)[C@]2(C(=O)N3C(=O)N[C@H](C)c3ccccc3)[C@H](C(=O)NC[C@H](O)c3ccccc3)[C@H]3C(=O)O[C@H](c4ccccc4)[C@H](c4ccccc4)N3[C@@H]2c2ccc(O)cc2)cc1. The molecule has 7 aromatic carbocycles. The summed E-state index contributed by atoms with van der Waals surface area (Å²) in [6, 6.07) is 50.9. The average Bonchev–Trinajstić information content (AvgIpc) is 3.87. The van der Waals surface area contributed by atoms with Gasteiger partial charge in [-0.25, -0.2) is 9.69 Å². The maximum atomic E-state index is 16.6. The first-order valence-corrected chi connectivity index (χ1v) is 23.5. The van der Waals surface area contributed by atoms with E-state index in [4.69, 9.17) is 9.47 Å². The molecule has 4 amide bonds. The van der Waals surface area contributed by atoms with Gasteiger partial charge < -0.3 is 30.3 Å². The molecule has 0 aliphatic carbocycles. The first kappa shape index (κ1) is 46.2. The van der Waals surface area contributed by atoms with Crippen molar-refractivity contribution >= 4 is 29.5 Å². The molecule has 12 heteroatoms. The number of imide groups is 1. The number of hydrogen-bond acceptors (Lipinski definition) is 9. The summed E-state index contributed by atoms with van der Waals surface area (Å²) in [6.07, 6.45) is -2.10. The lowest BCUT2D eigenvalue weighted by Crippen LogP contribution is -2.56. The maximum Gasteiger partial charge on any atom is 0.329 e. The zero-order valence-electron chi connectivity index (χ0n) is 38.9. The summed E-state index contributed by atoms with van der Waals surface area (Å²) in [7, 11) is 1.58. The molecule has 0 radical (unpaired) electrons. The molecule has 3 aliphatic heterocycles. The number of phenolic OH excluding ortho intramolecular Hbond substituents is 1. The molecule has 2 fully saturated rings. The van der Waals surface area contributed by atoms with Crippen LogP contribution < -0.4 is 20.3 Å². The molecule has 0 bridgehead atoms. The summed E-state index contributed by atoms with van der Waals surface area (Å²) in [6.45, 7) is 1.54. The number of carbonyl (C=O) groups excluding carboxylic acids is 4. The number of benzene rings is 7. The fourth-order valence-corrected chi connectivity index (χ4v) is 10.6. The molecular formula is C59H50N4O8. The molecule has 12 nitrogen and oxygen atoms in total. The molecule has 71 heavy (non-hydrogen) atoms. The maximum absolute atomic E-state index is 16.6. The van der Waals surface area contributed by atoms with Gasteiger partial charge >= 0.3 is 12.0 Å². The van der Waals surface area contributed by atoms with E-state index in [1.807, 2.05) is 121 Å². The fraction of sp³-hybridized carbons (Fsp3) is 0.186. The van der Waals surface area contributed by atoms with Gasteiger partial charge in [-0.15, -0.1) is 0 Å². The first-order chi connectivity index (χ1) is 34.6. The number of aliphatic hydroxyl groups excluding tert-OH is 1. The number of nitrogens with one attached hydrogen (secondary N) is 2. The zero-order chi connectivity index (χ0) is 49.2. The van der Waals surface area contributed by atoms with Crippen LogP contribution in [0.25, 0.3) is 0 Å². The van der Waals surface area contributed by atoms with Gasteiger partial charge in [0.05, 0.1) is 42.9 Å². The second-order valence-corrected chi connectivity index (χ2v) is 18.0. The minimum atomic E-state index is -2.08. The lowest BCUT2D eigenvalue weighted by molar-refractivity contribution is -0.178. The molecule has 0 unspecified atom stereocenters. The Bertz CT molecular complexity index is 3150. The van der Waals surface area contributed by atoms with Crippen LogP contribution in [0.3, 0.4) is 0 Å². The van der Waals surface area contributed by atoms with Gasteiger partial charge in [-0.1, -0.05) is 145 Å². The topological polar surface area (TPSA) is 158 Å². The number of hydrogen-bond donors (Lipinski definition) is 4. The lowest BCUT2D eigenvalue weighted by atomic mass is 9.65. The van der Waals surface area contributed by atoms with Crippen LogP contribution in [0.5, 0.6) is 11.5 Å². The molecule has 7 aromatic rings. The van der Waals surface area contributed by atoms with E-state index in [9.17, 15) is 10.2 Å². The second-order valence-electron chi connectivity index (χ2n) is 18.0. The summed E-state index contributed by atoms with van der Waals surface area (Å²) in [4.78, 5) is 66.0. The van der Waals surface area contributed by atoms with Gasteiger partial charge in [0.25, 0.3) is 0 Å². The van der Waals surface area contributed by atoms with Crippen molar-refractivity contribution in [3.05, 3.63) is 233 Å². The molecule has 4 N–H and O–H groups in total. The summed E-state index contributed by atoms with van der Waals surface area (Å²) in [5.41, 5.74) is 2.75. The number of cyclic esters (lactones) is 1. The third-order valence-corrected chi connectivity index (χ3v) is 13.9. The number of amides is 4. The van der Waals surface area contributed by atoms with Gasteiger partial charge in [-0.05, 0) is 94.9 Å². The third-order valence-electron chi connectivity index (χ3n) is 13.9. The summed E-state index contributed by atoms with van der Waals surface area (Å²) in [5, 5.41) is 28.3. The highest BCUT2D eigenvalue weighted by Crippen LogP contribution is 2.66. The van der Waals surface area contributed by atoms with Crippen molar-refractivity contribution in [1.29, 1.82) is 0 Å². The number of fused-ring (bicyclic) bond motifs is 3. The Morgan fingerprint density at radius 1 is 0.704 bits per heavy atom. The van der Waals surface area contributed by atoms with Crippen molar-refractivity contribution < 1.29 is 38.9 Å². The molecule has 0 saturated carbocycles. The predicted octanol–water partition coefficient (Wildman–Crippen LogP) is 8.79. The number of ether oxygens (including phenoxy) is 2. The highest BCUT2D eigenvalue weighted by molar-refractivity contribution is 6.24. The van der Waals surface area contributed by atoms with Crippen LogP contribution in [0.1, 0.15) is 81.8 Å². The molecule has 2 saturated heterocycles. The molecule has 10 rings (SSSR count). The minimum Gasteiger partial charge on any atom is -0.508 e. The van der Waals surface area contributed by atoms with Crippen molar-refractivity contribution in [2.45, 2.75) is 48.7 Å². The van der Waals surface area contributed by atoms with Gasteiger partial charge in [0.2, 0.25) is 11.8 Å². The minimum absolute atomic E-state index is 0.0495. The number of esters is 1. The summed E-state index contributed by atoms with van der Waals surface area (Å²) in [5.74, 6) is 3.22. The number of phenols is 1. The highest BCUT2D eigenvalue weighted by Gasteiger charge is 2.75. The quantitative estimate of drug-likeness (QED) is 0.0778. The van der Waals surface area contributed by atoms with E-state index in [2.05, 4.69) is 22.5 Å². The van der Waals surface area contributed by atoms with E-state index >= 15 is 19.2 Å². The number of aromatic hydroxyl groups is 1. The second kappa shape index (κ2) is 19.5. The Morgan fingerprint density at radius 3 is 1.92 bits per heavy atom. The predicted molar refractivity (Wildman–Crippen MR) is 267 cm³/mol. The van der Waals surface area contributed by atoms with Crippen molar-refractivity contribution in [2.75, 3.05) is 18.6 Å². The van der Waals surface area contributed by atoms with Crippen LogP contribution in [-0.2, 0) is 24.5 Å². The van der Waals surface area contributed by atoms with E-state index in [0.29, 0.717) is 33.6 Å². The van der Waals surface area contributed by atoms with E-state index in [-0.39, 0.29) is 23.5 Å². The van der Waals surface area contributed by atoms with E-state index < -0.39 is 71.5 Å². The Hall–Kier alpha value is -8.50. The Morgan fingerprint density at radius 2 is 1.28 bits per heavy atom. The number of anilines is 1. The van der Waals surface area contributed by atoms with Gasteiger partial charge in [0, 0.05) is 17.7 Å². The van der Waals surface area contributed by atoms with Crippen molar-refractivity contribution in [1.82, 2.24) is 15.5 Å². The number of methoxy groups -OCH3 is 1. The molecule has 1 spiro atoms. The van der Waals surface area contributed by atoms with Gasteiger partial charge in [-0.3, -0.25) is 19.3 Å². The van der Waals surface area contributed by atoms with Crippen LogP contribution in [0, 0.1) is 17.8 Å². The molecule has 354 valence electrons. The Labute approximate surface area is 411 Å². The summed E-state index contributed by atoms with van der Waals surface area (Å²) < 4.78 is 11.9. The van der Waals surface area contributed by atoms with Crippen LogP contribution in [0.15, 0.2) is 188 Å². The molecule has 0 aromatic heterocycles. The van der Waals surface area contributed by atoms with Gasteiger partial charge in [0.1, 0.15) is 29.1 Å². The highest BCUT2D eigenvalue weighted by atomic mass is 16.6. The number of morpholine rings is 1. The third kappa shape index (κ3) is 8.45. The normalized spacial score (nSPS) is 22.0. The van der Waals surface area contributed by atoms with E-state index in [1.54, 1.807) is 73.8 Å². The molecule has 8 atom stereocenters. The number of nitrogens with zero attached hydrogens (tertiary/aromatic N) is 2. The van der Waals surface area contributed by atoms with Crippen LogP contribution in [0.2, 0.25) is 0 Å². The first-order valence-electron chi connectivity index (χ1n) is 23.5. The van der Waals surface area contributed by atoms with Crippen LogP contribution in [0.4, 0.5) is 10.5 Å². The van der Waals surface area contributed by atoms with Crippen LogP contribution in [-0.4, -0.2) is 58.6 Å². The number of rotatable bonds is 10. The molecule has 3 heterocycles. The van der Waals surface area contributed by atoms with Crippen molar-refractivity contribution in [2.24, 2.45) is 5.92 Å². The van der Waals surface area contributed by atoms with E-state index in [0.717, 1.165) is 16.0 Å². The Kier molecular flexibility index (Phi) is 12.7. The molecular weight excluding hydrogens is 893 g/mol. The number of aliphatic hydroxyl groups is 1. The van der Waals surface area contributed by atoms with Crippen molar-refractivity contribution in [3.63, 3.8) is 0 Å². The van der Waals surface area contributed by atoms with E-state index in [1.165, 1.54) is 12.1 Å². The van der Waals surface area contributed by atoms with Gasteiger partial charge in [-0.2, -0.15) is 0 Å². The largest absolute Gasteiger partial charge is 0.508 e. The van der Waals surface area contributed by atoms with Crippen molar-refractivity contribution in [3.8, 4) is 23.3 Å². The number of urea groups is 1. The van der Waals surface area contributed by atoms with Crippen LogP contribution >= 0.6 is 0 Å². The molecule has 3 aliphatic rings. The smallest absolute Gasteiger partial charge is 0.329 e. The fourth-order valence-electron chi connectivity index (χ4n) is 10.6. The number of carbonyl (C=O) groups is 4. The average molecular weight is 943 g/mol. The summed E-state index contributed by atoms with van der Waals surface area (Å²) >= 11 is 0. The lowest BCUT2D eigenvalue weighted by Gasteiger charge is -2.46. The monoisotopic (exact) mass is 942 g/mol. The Balaban J connectivity index is 1.23.